The molecular weight excluding hydrogens is 322 g/mol. The number of nitrogens with two attached hydrogens (primary N) is 1. The second-order valence-corrected chi connectivity index (χ2v) is 7.38. The predicted molar refractivity (Wildman–Crippen MR) is 84.8 cm³/mol. The number of primary sulfonamides is 1. The minimum absolute atomic E-state index is 0.247. The first-order valence-corrected chi connectivity index (χ1v) is 8.91. The SMILES string of the molecule is NS(=O)(=O)c1cc([N+](=O)[O-])ccc1NCC1CN2CCN1CC2. The fraction of sp³-hybridized carbons (Fsp3) is 0.538. The van der Waals surface area contributed by atoms with Gasteiger partial charge in [0.1, 0.15) is 4.90 Å². The first kappa shape index (κ1) is 16.1. The van der Waals surface area contributed by atoms with E-state index in [9.17, 15) is 18.5 Å². The first-order valence-electron chi connectivity index (χ1n) is 7.36. The van der Waals surface area contributed by atoms with E-state index in [1.165, 1.54) is 12.1 Å². The van der Waals surface area contributed by atoms with Crippen molar-refractivity contribution in [2.45, 2.75) is 10.9 Å². The van der Waals surface area contributed by atoms with Crippen molar-refractivity contribution >= 4 is 21.4 Å². The zero-order valence-electron chi connectivity index (χ0n) is 12.5. The van der Waals surface area contributed by atoms with Gasteiger partial charge in [-0.2, -0.15) is 0 Å². The van der Waals surface area contributed by atoms with Crippen LogP contribution in [-0.4, -0.2) is 68.5 Å². The number of hydrogen-bond acceptors (Lipinski definition) is 7. The van der Waals surface area contributed by atoms with Crippen LogP contribution < -0.4 is 10.5 Å². The summed E-state index contributed by atoms with van der Waals surface area (Å²) < 4.78 is 23.4. The number of benzene rings is 1. The minimum atomic E-state index is -4.04. The van der Waals surface area contributed by atoms with Crippen LogP contribution in [0.5, 0.6) is 0 Å². The highest BCUT2D eigenvalue weighted by atomic mass is 32.2. The average Bonchev–Trinajstić information content (AvgIpc) is 2.53. The van der Waals surface area contributed by atoms with Crippen molar-refractivity contribution in [2.24, 2.45) is 5.14 Å². The standard InChI is InChI=1S/C13H19N5O4S/c14-23(21,22)13-7-10(18(19)20)1-2-12(13)15-8-11-9-16-3-5-17(11)6-4-16/h1-2,7,11,15H,3-6,8-9H2,(H2,14,21,22). The average molecular weight is 341 g/mol. The molecule has 0 aliphatic carbocycles. The molecule has 3 aliphatic heterocycles. The maximum atomic E-state index is 11.7. The number of fused-ring (bicyclic) bond motifs is 3. The molecule has 10 heteroatoms. The number of nitro groups is 1. The number of rotatable bonds is 5. The third-order valence-corrected chi connectivity index (χ3v) is 5.35. The van der Waals surface area contributed by atoms with E-state index in [0.29, 0.717) is 18.3 Å². The van der Waals surface area contributed by atoms with Crippen LogP contribution in [0.4, 0.5) is 11.4 Å². The normalized spacial score (nSPS) is 26.9. The number of anilines is 1. The molecule has 3 aliphatic rings. The van der Waals surface area contributed by atoms with E-state index >= 15 is 0 Å². The summed E-state index contributed by atoms with van der Waals surface area (Å²) in [6, 6.07) is 3.96. The lowest BCUT2D eigenvalue weighted by atomic mass is 10.1. The molecule has 0 amide bonds. The summed E-state index contributed by atoms with van der Waals surface area (Å²) in [5.74, 6) is 0. The molecular formula is C13H19N5O4S. The van der Waals surface area contributed by atoms with Crippen LogP contribution >= 0.6 is 0 Å². The Morgan fingerprint density at radius 2 is 2.00 bits per heavy atom. The van der Waals surface area contributed by atoms with Gasteiger partial charge in [0, 0.05) is 57.4 Å². The van der Waals surface area contributed by atoms with Crippen LogP contribution in [0, 0.1) is 10.1 Å². The third kappa shape index (κ3) is 3.44. The fourth-order valence-corrected chi connectivity index (χ4v) is 3.88. The molecule has 1 aromatic carbocycles. The van der Waals surface area contributed by atoms with E-state index in [1.807, 2.05) is 0 Å². The van der Waals surface area contributed by atoms with Gasteiger partial charge in [-0.05, 0) is 6.07 Å². The Morgan fingerprint density at radius 3 is 2.52 bits per heavy atom. The van der Waals surface area contributed by atoms with Gasteiger partial charge in [-0.15, -0.1) is 0 Å². The Labute approximate surface area is 134 Å². The van der Waals surface area contributed by atoms with Crippen molar-refractivity contribution in [3.05, 3.63) is 28.3 Å². The molecule has 23 heavy (non-hydrogen) atoms. The van der Waals surface area contributed by atoms with Crippen LogP contribution in [0.3, 0.4) is 0 Å². The van der Waals surface area contributed by atoms with Crippen LogP contribution in [-0.2, 0) is 10.0 Å². The number of nitrogens with one attached hydrogen (secondary N) is 1. The summed E-state index contributed by atoms with van der Waals surface area (Å²) >= 11 is 0. The lowest BCUT2D eigenvalue weighted by molar-refractivity contribution is -0.385. The van der Waals surface area contributed by atoms with Crippen LogP contribution in [0.15, 0.2) is 23.1 Å². The van der Waals surface area contributed by atoms with Crippen LogP contribution in [0.1, 0.15) is 0 Å². The Balaban J connectivity index is 1.78. The largest absolute Gasteiger partial charge is 0.382 e. The van der Waals surface area contributed by atoms with E-state index in [4.69, 9.17) is 5.14 Å². The zero-order chi connectivity index (χ0) is 16.6. The number of hydrogen-bond donors (Lipinski definition) is 2. The lowest BCUT2D eigenvalue weighted by Crippen LogP contribution is -2.62. The summed E-state index contributed by atoms with van der Waals surface area (Å²) in [5, 5.41) is 19.1. The van der Waals surface area contributed by atoms with Gasteiger partial charge in [0.15, 0.2) is 0 Å². The molecule has 1 unspecified atom stereocenters. The maximum Gasteiger partial charge on any atom is 0.270 e. The molecule has 4 rings (SSSR count). The van der Waals surface area contributed by atoms with Crippen molar-refractivity contribution < 1.29 is 13.3 Å². The Bertz CT molecular complexity index is 715. The molecule has 0 aromatic heterocycles. The summed E-state index contributed by atoms with van der Waals surface area (Å²) in [5.41, 5.74) is 0.00177. The molecule has 3 heterocycles. The molecule has 0 spiro atoms. The smallest absolute Gasteiger partial charge is 0.270 e. The van der Waals surface area contributed by atoms with E-state index in [0.717, 1.165) is 38.8 Å². The van der Waals surface area contributed by atoms with E-state index < -0.39 is 14.9 Å². The van der Waals surface area contributed by atoms with Gasteiger partial charge in [-0.1, -0.05) is 0 Å². The second-order valence-electron chi connectivity index (χ2n) is 5.85. The van der Waals surface area contributed by atoms with Crippen molar-refractivity contribution in [1.29, 1.82) is 0 Å². The van der Waals surface area contributed by atoms with Gasteiger partial charge in [-0.3, -0.25) is 19.9 Å². The molecule has 3 fully saturated rings. The highest BCUT2D eigenvalue weighted by Crippen LogP contribution is 2.26. The van der Waals surface area contributed by atoms with Gasteiger partial charge in [0.05, 0.1) is 10.6 Å². The number of nitrogens with zero attached hydrogens (tertiary/aromatic N) is 3. The van der Waals surface area contributed by atoms with E-state index in [-0.39, 0.29) is 10.6 Å². The van der Waals surface area contributed by atoms with Crippen molar-refractivity contribution in [2.75, 3.05) is 44.6 Å². The predicted octanol–water partition coefficient (Wildman–Crippen LogP) is -0.346. The topological polar surface area (TPSA) is 122 Å². The highest BCUT2D eigenvalue weighted by Gasteiger charge is 2.31. The molecule has 1 atom stereocenters. The Kier molecular flexibility index (Phi) is 4.23. The molecule has 126 valence electrons. The molecule has 2 bridgehead atoms. The summed E-state index contributed by atoms with van der Waals surface area (Å²) in [6.45, 7) is 5.65. The molecule has 0 radical (unpaired) electrons. The maximum absolute atomic E-state index is 11.7. The first-order chi connectivity index (χ1) is 10.8. The van der Waals surface area contributed by atoms with Gasteiger partial charge < -0.3 is 5.32 Å². The second kappa shape index (κ2) is 6.04. The quantitative estimate of drug-likeness (QED) is 0.554. The van der Waals surface area contributed by atoms with E-state index in [2.05, 4.69) is 15.1 Å². The van der Waals surface area contributed by atoms with Gasteiger partial charge in [0.2, 0.25) is 10.0 Å². The molecule has 3 N–H and O–H groups in total. The van der Waals surface area contributed by atoms with Crippen LogP contribution in [0.25, 0.3) is 0 Å². The third-order valence-electron chi connectivity index (χ3n) is 4.40. The molecule has 3 saturated heterocycles. The fourth-order valence-electron chi connectivity index (χ4n) is 3.15. The van der Waals surface area contributed by atoms with Gasteiger partial charge in [-0.25, -0.2) is 13.6 Å². The van der Waals surface area contributed by atoms with Crippen LogP contribution in [0.2, 0.25) is 0 Å². The zero-order valence-corrected chi connectivity index (χ0v) is 13.3. The summed E-state index contributed by atoms with van der Waals surface area (Å²) in [6.07, 6.45) is 0. The number of non-ortho nitro benzene ring substituents is 1. The number of piperazine rings is 3. The summed E-state index contributed by atoms with van der Waals surface area (Å²) in [7, 11) is -4.04. The Morgan fingerprint density at radius 1 is 1.30 bits per heavy atom. The van der Waals surface area contributed by atoms with Gasteiger partial charge in [0.25, 0.3) is 5.69 Å². The molecule has 1 aromatic rings. The number of sulfonamides is 1. The van der Waals surface area contributed by atoms with E-state index in [1.54, 1.807) is 0 Å². The lowest BCUT2D eigenvalue weighted by Gasteiger charge is -2.47. The number of nitro benzene ring substituents is 1. The minimum Gasteiger partial charge on any atom is -0.382 e. The highest BCUT2D eigenvalue weighted by molar-refractivity contribution is 7.89. The van der Waals surface area contributed by atoms with Crippen molar-refractivity contribution in [3.63, 3.8) is 0 Å². The molecule has 9 nitrogen and oxygen atoms in total. The van der Waals surface area contributed by atoms with Gasteiger partial charge >= 0.3 is 0 Å². The van der Waals surface area contributed by atoms with Crippen molar-refractivity contribution in [3.8, 4) is 0 Å². The molecule has 0 saturated carbocycles. The Hall–Kier alpha value is -1.75. The summed E-state index contributed by atoms with van der Waals surface area (Å²) in [4.78, 5) is 14.7. The van der Waals surface area contributed by atoms with Crippen molar-refractivity contribution in [1.82, 2.24) is 9.80 Å². The monoisotopic (exact) mass is 341 g/mol.